The number of nitro groups is 1. The molecule has 0 saturated carbocycles. The molecular formula is C14H7BrN6O3. The van der Waals surface area contributed by atoms with Crippen LogP contribution in [-0.2, 0) is 0 Å². The van der Waals surface area contributed by atoms with Gasteiger partial charge in [0.1, 0.15) is 6.07 Å². The molecule has 10 heteroatoms. The number of hydrogen-bond donors (Lipinski definition) is 1. The number of nitrogens with one attached hydrogen (secondary N) is 1. The number of hydrogen-bond acceptors (Lipinski definition) is 6. The first-order chi connectivity index (χ1) is 11.5. The Balaban J connectivity index is 1.96. The van der Waals surface area contributed by atoms with Gasteiger partial charge < -0.3 is 5.32 Å². The lowest BCUT2D eigenvalue weighted by atomic mass is 10.1. The van der Waals surface area contributed by atoms with Gasteiger partial charge in [0.25, 0.3) is 11.6 Å². The lowest BCUT2D eigenvalue weighted by Gasteiger charge is -2.05. The van der Waals surface area contributed by atoms with Gasteiger partial charge in [0.05, 0.1) is 20.6 Å². The summed E-state index contributed by atoms with van der Waals surface area (Å²) in [7, 11) is 0. The molecule has 0 aliphatic rings. The molecule has 0 unspecified atom stereocenters. The van der Waals surface area contributed by atoms with E-state index < -0.39 is 10.8 Å². The Labute approximate surface area is 142 Å². The van der Waals surface area contributed by atoms with Gasteiger partial charge in [-0.25, -0.2) is 9.50 Å². The summed E-state index contributed by atoms with van der Waals surface area (Å²) in [4.78, 5) is 26.6. The van der Waals surface area contributed by atoms with Crippen LogP contribution in [0.5, 0.6) is 0 Å². The van der Waals surface area contributed by atoms with E-state index >= 15 is 0 Å². The molecule has 0 spiro atoms. The Bertz CT molecular complexity index is 1020. The lowest BCUT2D eigenvalue weighted by Crippen LogP contribution is -2.14. The van der Waals surface area contributed by atoms with Crippen LogP contribution in [0.4, 0.5) is 11.4 Å². The average molecular weight is 387 g/mol. The number of fused-ring (bicyclic) bond motifs is 1. The number of benzene rings is 1. The minimum absolute atomic E-state index is 0.0180. The largest absolute Gasteiger partial charge is 0.319 e. The molecule has 1 aromatic carbocycles. The molecule has 2 heterocycles. The number of nitriles is 1. The molecule has 0 fully saturated rings. The summed E-state index contributed by atoms with van der Waals surface area (Å²) < 4.78 is 1.83. The first-order valence-electron chi connectivity index (χ1n) is 6.50. The van der Waals surface area contributed by atoms with Crippen molar-refractivity contribution in [1.82, 2.24) is 14.6 Å². The van der Waals surface area contributed by atoms with Crippen molar-refractivity contribution in [2.45, 2.75) is 0 Å². The summed E-state index contributed by atoms with van der Waals surface area (Å²) >= 11 is 3.27. The number of nitrogens with zero attached hydrogens (tertiary/aromatic N) is 5. The predicted molar refractivity (Wildman–Crippen MR) is 86.5 cm³/mol. The summed E-state index contributed by atoms with van der Waals surface area (Å²) in [5.41, 5.74) is 0.450. The van der Waals surface area contributed by atoms with Gasteiger partial charge in [-0.2, -0.15) is 10.4 Å². The molecule has 0 aliphatic carbocycles. The monoisotopic (exact) mass is 386 g/mol. The molecule has 1 amide bonds. The maximum atomic E-state index is 12.4. The van der Waals surface area contributed by atoms with Gasteiger partial charge in [0.2, 0.25) is 0 Å². The number of carbonyl (C=O) groups is 1. The Morgan fingerprint density at radius 1 is 1.46 bits per heavy atom. The Kier molecular flexibility index (Phi) is 3.93. The quantitative estimate of drug-likeness (QED) is 0.544. The third-order valence-corrected chi connectivity index (χ3v) is 3.87. The minimum Gasteiger partial charge on any atom is -0.319 e. The summed E-state index contributed by atoms with van der Waals surface area (Å²) in [6.07, 6.45) is 3.20. The van der Waals surface area contributed by atoms with E-state index in [2.05, 4.69) is 31.3 Å². The second-order valence-electron chi connectivity index (χ2n) is 4.60. The Morgan fingerprint density at radius 3 is 2.92 bits per heavy atom. The third kappa shape index (κ3) is 2.68. The summed E-state index contributed by atoms with van der Waals surface area (Å²) in [6, 6.07) is 7.09. The van der Waals surface area contributed by atoms with Crippen molar-refractivity contribution >= 4 is 38.9 Å². The fraction of sp³-hybridized carbons (Fsp3) is 0. The third-order valence-electron chi connectivity index (χ3n) is 3.14. The van der Waals surface area contributed by atoms with Crippen LogP contribution in [0.3, 0.4) is 0 Å². The fourth-order valence-corrected chi connectivity index (χ4v) is 2.58. The number of amides is 1. The minimum atomic E-state index is -0.614. The van der Waals surface area contributed by atoms with Crippen molar-refractivity contribution in [3.8, 4) is 6.07 Å². The number of halogens is 1. The molecule has 0 bridgehead atoms. The summed E-state index contributed by atoms with van der Waals surface area (Å²) in [6.45, 7) is 0. The van der Waals surface area contributed by atoms with Gasteiger partial charge in [-0.15, -0.1) is 0 Å². The fourth-order valence-electron chi connectivity index (χ4n) is 2.03. The average Bonchev–Trinajstić information content (AvgIpc) is 2.92. The smallest absolute Gasteiger partial charge is 0.277 e. The highest BCUT2D eigenvalue weighted by Crippen LogP contribution is 2.24. The van der Waals surface area contributed by atoms with Gasteiger partial charge in [-0.1, -0.05) is 0 Å². The van der Waals surface area contributed by atoms with Gasteiger partial charge in [0, 0.05) is 24.5 Å². The van der Waals surface area contributed by atoms with Crippen LogP contribution >= 0.6 is 15.9 Å². The van der Waals surface area contributed by atoms with E-state index in [0.29, 0.717) is 10.1 Å². The van der Waals surface area contributed by atoms with E-state index in [0.717, 1.165) is 6.07 Å². The molecule has 118 valence electrons. The molecule has 0 saturated heterocycles. The SMILES string of the molecule is N#Cc1cc([N+](=O)[O-])ccc1NC(=O)c1nn2cccnc2c1Br. The van der Waals surface area contributed by atoms with Crippen molar-refractivity contribution < 1.29 is 9.72 Å². The molecule has 9 nitrogen and oxygen atoms in total. The Hall–Kier alpha value is -3.32. The van der Waals surface area contributed by atoms with E-state index in [1.807, 2.05) is 6.07 Å². The number of non-ortho nitro benzene ring substituents is 1. The van der Waals surface area contributed by atoms with Crippen LogP contribution in [0, 0.1) is 21.4 Å². The van der Waals surface area contributed by atoms with Crippen molar-refractivity contribution in [3.05, 3.63) is 62.5 Å². The number of rotatable bonds is 3. The number of anilines is 1. The highest BCUT2D eigenvalue weighted by molar-refractivity contribution is 9.10. The predicted octanol–water partition coefficient (Wildman–Crippen LogP) is 2.52. The van der Waals surface area contributed by atoms with Crippen LogP contribution in [0.25, 0.3) is 5.65 Å². The van der Waals surface area contributed by atoms with Gasteiger partial charge >= 0.3 is 0 Å². The zero-order valence-corrected chi connectivity index (χ0v) is 13.4. The first kappa shape index (κ1) is 15.6. The van der Waals surface area contributed by atoms with Gasteiger partial charge in [0.15, 0.2) is 11.3 Å². The normalized spacial score (nSPS) is 10.3. The van der Waals surface area contributed by atoms with E-state index in [9.17, 15) is 14.9 Å². The first-order valence-corrected chi connectivity index (χ1v) is 7.29. The molecular weight excluding hydrogens is 380 g/mol. The van der Waals surface area contributed by atoms with Gasteiger partial charge in [-0.05, 0) is 28.1 Å². The van der Waals surface area contributed by atoms with Crippen molar-refractivity contribution in [1.29, 1.82) is 5.26 Å². The summed E-state index contributed by atoms with van der Waals surface area (Å²) in [5, 5.41) is 26.5. The second-order valence-corrected chi connectivity index (χ2v) is 5.40. The van der Waals surface area contributed by atoms with Crippen LogP contribution in [0.1, 0.15) is 16.1 Å². The maximum Gasteiger partial charge on any atom is 0.277 e. The van der Waals surface area contributed by atoms with Crippen LogP contribution < -0.4 is 5.32 Å². The maximum absolute atomic E-state index is 12.4. The number of carbonyl (C=O) groups excluding carboxylic acids is 1. The molecule has 3 aromatic rings. The van der Waals surface area contributed by atoms with Gasteiger partial charge in [-0.3, -0.25) is 14.9 Å². The van der Waals surface area contributed by atoms with E-state index in [4.69, 9.17) is 5.26 Å². The molecule has 0 aliphatic heterocycles. The standard InChI is InChI=1S/C14H7BrN6O3/c15-11-12(19-20-5-1-4-17-13(11)20)14(22)18-10-3-2-9(21(23)24)6-8(10)7-16/h1-6H,(H,18,22). The lowest BCUT2D eigenvalue weighted by molar-refractivity contribution is -0.384. The highest BCUT2D eigenvalue weighted by atomic mass is 79.9. The van der Waals surface area contributed by atoms with Crippen molar-refractivity contribution in [3.63, 3.8) is 0 Å². The second kappa shape index (κ2) is 6.05. The highest BCUT2D eigenvalue weighted by Gasteiger charge is 2.20. The number of nitro benzene ring substituents is 1. The van der Waals surface area contributed by atoms with Crippen molar-refractivity contribution in [2.24, 2.45) is 0 Å². The molecule has 2 aromatic heterocycles. The molecule has 0 radical (unpaired) electrons. The molecule has 24 heavy (non-hydrogen) atoms. The molecule has 3 rings (SSSR count). The molecule has 0 atom stereocenters. The Morgan fingerprint density at radius 2 is 2.25 bits per heavy atom. The zero-order valence-electron chi connectivity index (χ0n) is 11.8. The van der Waals surface area contributed by atoms with E-state index in [1.165, 1.54) is 16.6 Å². The van der Waals surface area contributed by atoms with Crippen molar-refractivity contribution in [2.75, 3.05) is 5.32 Å². The molecule has 1 N–H and O–H groups in total. The van der Waals surface area contributed by atoms with E-state index in [-0.39, 0.29) is 22.6 Å². The van der Waals surface area contributed by atoms with Crippen LogP contribution in [0.15, 0.2) is 41.1 Å². The number of aromatic nitrogens is 3. The van der Waals surface area contributed by atoms with E-state index in [1.54, 1.807) is 18.5 Å². The van der Waals surface area contributed by atoms with Crippen LogP contribution in [-0.4, -0.2) is 25.4 Å². The summed E-state index contributed by atoms with van der Waals surface area (Å²) in [5.74, 6) is -0.572. The van der Waals surface area contributed by atoms with Crippen LogP contribution in [0.2, 0.25) is 0 Å². The zero-order chi connectivity index (χ0) is 17.3. The topological polar surface area (TPSA) is 126 Å².